The maximum Gasteiger partial charge on any atom is 0.338 e. The zero-order valence-corrected chi connectivity index (χ0v) is 22.3. The molecule has 2 N–H and O–H groups in total. The first-order chi connectivity index (χ1) is 16.7. The van der Waals surface area contributed by atoms with Gasteiger partial charge in [0.25, 0.3) is 0 Å². The van der Waals surface area contributed by atoms with Crippen molar-refractivity contribution >= 4 is 53.3 Å². The molecular formula is C28H31Cl2NO3S. The van der Waals surface area contributed by atoms with Crippen molar-refractivity contribution in [3.05, 3.63) is 111 Å². The molecular weight excluding hydrogens is 501 g/mol. The van der Waals surface area contributed by atoms with Crippen LogP contribution in [-0.4, -0.2) is 17.0 Å². The van der Waals surface area contributed by atoms with Gasteiger partial charge in [0, 0.05) is 16.5 Å². The van der Waals surface area contributed by atoms with Crippen LogP contribution in [0.25, 0.3) is 5.57 Å². The van der Waals surface area contributed by atoms with Crippen molar-refractivity contribution in [2.75, 3.05) is 0 Å². The van der Waals surface area contributed by atoms with Gasteiger partial charge in [0.1, 0.15) is 0 Å². The second kappa shape index (κ2) is 16.8. The van der Waals surface area contributed by atoms with Gasteiger partial charge in [0.15, 0.2) is 0 Å². The van der Waals surface area contributed by atoms with Gasteiger partial charge in [-0.3, -0.25) is 4.79 Å². The lowest BCUT2D eigenvalue weighted by Crippen LogP contribution is -2.23. The fourth-order valence-electron chi connectivity index (χ4n) is 2.94. The van der Waals surface area contributed by atoms with Gasteiger partial charge in [-0.05, 0) is 68.0 Å². The Labute approximate surface area is 223 Å². The molecule has 2 rings (SSSR count). The van der Waals surface area contributed by atoms with Crippen molar-refractivity contribution in [1.29, 1.82) is 0 Å². The van der Waals surface area contributed by atoms with Crippen LogP contribution in [0.4, 0.5) is 0 Å². The largest absolute Gasteiger partial charge is 0.478 e. The van der Waals surface area contributed by atoms with E-state index < -0.39 is 5.97 Å². The van der Waals surface area contributed by atoms with Crippen LogP contribution in [0.5, 0.6) is 0 Å². The van der Waals surface area contributed by atoms with E-state index in [1.165, 1.54) is 5.56 Å². The predicted octanol–water partition coefficient (Wildman–Crippen LogP) is 7.81. The summed E-state index contributed by atoms with van der Waals surface area (Å²) in [7, 11) is 0. The van der Waals surface area contributed by atoms with Gasteiger partial charge in [0.2, 0.25) is 5.91 Å². The van der Waals surface area contributed by atoms with E-state index >= 15 is 0 Å². The van der Waals surface area contributed by atoms with E-state index in [1.54, 1.807) is 24.3 Å². The smallest absolute Gasteiger partial charge is 0.338 e. The summed E-state index contributed by atoms with van der Waals surface area (Å²) in [6.07, 6.45) is 8.35. The molecule has 0 saturated heterocycles. The second-order valence-corrected chi connectivity index (χ2v) is 8.75. The van der Waals surface area contributed by atoms with Crippen LogP contribution >= 0.6 is 35.8 Å². The van der Waals surface area contributed by atoms with Gasteiger partial charge in [-0.15, -0.1) is 12.6 Å². The Morgan fingerprint density at radius 1 is 1.06 bits per heavy atom. The van der Waals surface area contributed by atoms with Gasteiger partial charge in [-0.25, -0.2) is 4.79 Å². The number of rotatable bonds is 10. The van der Waals surface area contributed by atoms with Crippen molar-refractivity contribution in [1.82, 2.24) is 5.32 Å². The third-order valence-electron chi connectivity index (χ3n) is 4.77. The number of benzene rings is 2. The highest BCUT2D eigenvalue weighted by Crippen LogP contribution is 2.26. The number of halogens is 2. The first kappa shape index (κ1) is 30.3. The van der Waals surface area contributed by atoms with Gasteiger partial charge >= 0.3 is 5.97 Å². The molecule has 35 heavy (non-hydrogen) atoms. The van der Waals surface area contributed by atoms with Crippen molar-refractivity contribution in [3.8, 4) is 0 Å². The van der Waals surface area contributed by atoms with E-state index in [-0.39, 0.29) is 28.5 Å². The molecule has 0 aliphatic heterocycles. The van der Waals surface area contributed by atoms with Gasteiger partial charge in [0.05, 0.1) is 10.6 Å². The van der Waals surface area contributed by atoms with Gasteiger partial charge in [-0.2, -0.15) is 0 Å². The lowest BCUT2D eigenvalue weighted by atomic mass is 10.0. The number of aliphatic carboxylic acids is 1. The first-order valence-corrected chi connectivity index (χ1v) is 12.3. The number of unbranched alkanes of at least 4 members (excludes halogenated alkanes) is 1. The summed E-state index contributed by atoms with van der Waals surface area (Å²) in [6, 6.07) is 16.7. The van der Waals surface area contributed by atoms with Crippen molar-refractivity contribution < 1.29 is 14.7 Å². The number of carbonyl (C=O) groups is 2. The molecule has 0 fully saturated rings. The second-order valence-electron chi connectivity index (χ2n) is 7.43. The summed E-state index contributed by atoms with van der Waals surface area (Å²) in [6.45, 7) is 7.67. The highest BCUT2D eigenvalue weighted by Gasteiger charge is 2.19. The van der Waals surface area contributed by atoms with Crippen molar-refractivity contribution in [2.24, 2.45) is 0 Å². The molecule has 0 aromatic heterocycles. The molecule has 0 aliphatic rings. The van der Waals surface area contributed by atoms with Crippen LogP contribution in [0.15, 0.2) is 95.0 Å². The van der Waals surface area contributed by atoms with Crippen LogP contribution < -0.4 is 5.32 Å². The third kappa shape index (κ3) is 12.0. The number of thiol groups is 1. The number of hydrogen-bond donors (Lipinski definition) is 3. The number of aryl methyl sites for hydroxylation is 1. The summed E-state index contributed by atoms with van der Waals surface area (Å²) in [5.41, 5.74) is 1.91. The summed E-state index contributed by atoms with van der Waals surface area (Å²) < 4.78 is 0. The minimum absolute atomic E-state index is 0.0273. The zero-order chi connectivity index (χ0) is 26.2. The molecule has 2 aromatic carbocycles. The average molecular weight is 533 g/mol. The van der Waals surface area contributed by atoms with E-state index in [4.69, 9.17) is 23.2 Å². The van der Waals surface area contributed by atoms with Gasteiger partial charge in [-0.1, -0.05) is 84.4 Å². The van der Waals surface area contributed by atoms with Crippen LogP contribution in [0, 0.1) is 0 Å². The molecule has 2 aromatic rings. The normalized spacial score (nSPS) is 11.9. The zero-order valence-electron chi connectivity index (χ0n) is 19.9. The quantitative estimate of drug-likeness (QED) is 0.127. The summed E-state index contributed by atoms with van der Waals surface area (Å²) in [5, 5.41) is 13.4. The maximum atomic E-state index is 12.2. The van der Waals surface area contributed by atoms with Crippen LogP contribution in [0.3, 0.4) is 0 Å². The number of carboxylic acids is 1. The molecule has 0 spiro atoms. The molecule has 0 atom stereocenters. The maximum absolute atomic E-state index is 12.2. The van der Waals surface area contributed by atoms with E-state index in [9.17, 15) is 14.7 Å². The lowest BCUT2D eigenvalue weighted by molar-refractivity contribution is -0.132. The topological polar surface area (TPSA) is 66.4 Å². The Kier molecular flexibility index (Phi) is 14.6. The molecule has 0 aliphatic carbocycles. The standard InChI is InChI=1S/C22H22ClNO3S.C6H9Cl/c1-15(17-11-13-18(23)14-12-17)20(22(26)27)21(28)24-19(25)10-6-5-9-16-7-3-2-4-8-16;1-3-5-6(7)4-2/h2-4,7-8,11-14,28H,1,5-6,9-10H2,(H,24,25)(H,26,27);3-5H,1-2H3/b21-20+;5-3-,6-4+. The highest BCUT2D eigenvalue weighted by molar-refractivity contribution is 7.84. The number of carbonyl (C=O) groups excluding carboxylic acids is 1. The highest BCUT2D eigenvalue weighted by atomic mass is 35.5. The Morgan fingerprint density at radius 2 is 1.69 bits per heavy atom. The SMILES string of the molecule is C/C=C\C(Cl)=C/C.C=C(/C(C(=O)O)=C(\S)NC(=O)CCCCc1ccccc1)c1ccc(Cl)cc1. The fourth-order valence-corrected chi connectivity index (χ4v) is 3.55. The Morgan fingerprint density at radius 3 is 2.20 bits per heavy atom. The molecule has 0 heterocycles. The predicted molar refractivity (Wildman–Crippen MR) is 151 cm³/mol. The molecule has 0 saturated carbocycles. The molecule has 0 radical (unpaired) electrons. The summed E-state index contributed by atoms with van der Waals surface area (Å²) >= 11 is 15.6. The van der Waals surface area contributed by atoms with Crippen LogP contribution in [-0.2, 0) is 16.0 Å². The summed E-state index contributed by atoms with van der Waals surface area (Å²) in [5.74, 6) is -1.49. The molecule has 7 heteroatoms. The van der Waals surface area contributed by atoms with Crippen molar-refractivity contribution in [3.63, 3.8) is 0 Å². The summed E-state index contributed by atoms with van der Waals surface area (Å²) in [4.78, 5) is 23.8. The number of amides is 1. The molecule has 186 valence electrons. The lowest BCUT2D eigenvalue weighted by Gasteiger charge is -2.12. The Balaban J connectivity index is 0.000000762. The van der Waals surface area contributed by atoms with E-state index in [0.717, 1.165) is 17.9 Å². The Hall–Kier alpha value is -2.73. The number of allylic oxidation sites excluding steroid dienone is 4. The molecule has 0 bridgehead atoms. The first-order valence-electron chi connectivity index (χ1n) is 11.1. The third-order valence-corrected chi connectivity index (χ3v) is 5.70. The number of hydrogen-bond acceptors (Lipinski definition) is 3. The van der Waals surface area contributed by atoms with Crippen molar-refractivity contribution in [2.45, 2.75) is 39.5 Å². The fraction of sp³-hybridized carbons (Fsp3) is 0.214. The van der Waals surface area contributed by atoms with Crippen LogP contribution in [0.2, 0.25) is 5.02 Å². The van der Waals surface area contributed by atoms with E-state index in [0.29, 0.717) is 17.0 Å². The number of carboxylic acid groups (broad SMARTS) is 1. The van der Waals surface area contributed by atoms with Crippen LogP contribution in [0.1, 0.15) is 44.2 Å². The Bertz CT molecular complexity index is 1080. The molecule has 1 amide bonds. The minimum atomic E-state index is -1.21. The van der Waals surface area contributed by atoms with E-state index in [2.05, 4.69) is 36.7 Å². The number of nitrogens with one attached hydrogen (secondary N) is 1. The van der Waals surface area contributed by atoms with E-state index in [1.807, 2.05) is 50.3 Å². The minimum Gasteiger partial charge on any atom is -0.478 e. The monoisotopic (exact) mass is 531 g/mol. The van der Waals surface area contributed by atoms with Gasteiger partial charge < -0.3 is 10.4 Å². The molecule has 4 nitrogen and oxygen atoms in total. The average Bonchev–Trinajstić information content (AvgIpc) is 2.83. The molecule has 0 unspecified atom stereocenters.